The second-order valence-corrected chi connectivity index (χ2v) is 5.56. The van der Waals surface area contributed by atoms with Crippen LogP contribution in [0.1, 0.15) is 31.4 Å². The van der Waals surface area contributed by atoms with Crippen LogP contribution in [0.4, 0.5) is 5.69 Å². The molecule has 92 valence electrons. The van der Waals surface area contributed by atoms with Gasteiger partial charge in [0, 0.05) is 11.3 Å². The van der Waals surface area contributed by atoms with E-state index in [-0.39, 0.29) is 11.2 Å². The monoisotopic (exact) mass is 251 g/mol. The topological polar surface area (TPSA) is 49.3 Å². The predicted molar refractivity (Wildman–Crippen MR) is 71.2 cm³/mol. The highest BCUT2D eigenvalue weighted by molar-refractivity contribution is 8.00. The SMILES string of the molecule is CC(O)c1ccccc1NC(=O)C1CCCS1. The lowest BCUT2D eigenvalue weighted by molar-refractivity contribution is -0.115. The summed E-state index contributed by atoms with van der Waals surface area (Å²) in [6.45, 7) is 1.70. The van der Waals surface area contributed by atoms with Gasteiger partial charge in [-0.3, -0.25) is 4.79 Å². The normalized spacial score (nSPS) is 21.2. The highest BCUT2D eigenvalue weighted by atomic mass is 32.2. The zero-order valence-corrected chi connectivity index (χ0v) is 10.7. The van der Waals surface area contributed by atoms with E-state index in [4.69, 9.17) is 0 Å². The second-order valence-electron chi connectivity index (χ2n) is 4.25. The summed E-state index contributed by atoms with van der Waals surface area (Å²) < 4.78 is 0. The summed E-state index contributed by atoms with van der Waals surface area (Å²) in [5.74, 6) is 1.12. The second kappa shape index (κ2) is 5.56. The zero-order chi connectivity index (χ0) is 12.3. The summed E-state index contributed by atoms with van der Waals surface area (Å²) in [4.78, 5) is 12.0. The number of thioether (sulfide) groups is 1. The largest absolute Gasteiger partial charge is 0.389 e. The third-order valence-electron chi connectivity index (χ3n) is 2.89. The average Bonchev–Trinajstić information content (AvgIpc) is 2.83. The number of carbonyl (C=O) groups is 1. The number of amides is 1. The number of hydrogen-bond donors (Lipinski definition) is 2. The molecule has 1 aliphatic rings. The summed E-state index contributed by atoms with van der Waals surface area (Å²) in [5.41, 5.74) is 1.49. The van der Waals surface area contributed by atoms with Gasteiger partial charge in [0.15, 0.2) is 0 Å². The molecule has 0 spiro atoms. The number of carbonyl (C=O) groups excluding carboxylic acids is 1. The van der Waals surface area contributed by atoms with Gasteiger partial charge < -0.3 is 10.4 Å². The molecule has 1 aromatic rings. The van der Waals surface area contributed by atoms with E-state index in [1.54, 1.807) is 18.7 Å². The quantitative estimate of drug-likeness (QED) is 0.868. The van der Waals surface area contributed by atoms with E-state index >= 15 is 0 Å². The summed E-state index contributed by atoms with van der Waals surface area (Å²) >= 11 is 1.71. The van der Waals surface area contributed by atoms with Crippen molar-refractivity contribution >= 4 is 23.4 Å². The molecule has 0 aromatic heterocycles. The molecule has 0 radical (unpaired) electrons. The molecule has 0 saturated carbocycles. The Hall–Kier alpha value is -1.000. The first-order valence-corrected chi connectivity index (χ1v) is 6.93. The first-order valence-electron chi connectivity index (χ1n) is 5.88. The molecule has 0 bridgehead atoms. The molecule has 3 nitrogen and oxygen atoms in total. The molecular weight excluding hydrogens is 234 g/mol. The van der Waals surface area contributed by atoms with E-state index in [2.05, 4.69) is 5.32 Å². The van der Waals surface area contributed by atoms with Crippen molar-refractivity contribution in [2.45, 2.75) is 31.1 Å². The number of aliphatic hydroxyl groups is 1. The minimum absolute atomic E-state index is 0.0561. The minimum Gasteiger partial charge on any atom is -0.389 e. The maximum atomic E-state index is 12.0. The molecule has 4 heteroatoms. The van der Waals surface area contributed by atoms with Crippen LogP contribution in [0.2, 0.25) is 0 Å². The number of benzene rings is 1. The average molecular weight is 251 g/mol. The van der Waals surface area contributed by atoms with Crippen molar-refractivity contribution in [1.82, 2.24) is 0 Å². The fraction of sp³-hybridized carbons (Fsp3) is 0.462. The fourth-order valence-corrected chi connectivity index (χ4v) is 3.13. The minimum atomic E-state index is -0.567. The highest BCUT2D eigenvalue weighted by Gasteiger charge is 2.24. The van der Waals surface area contributed by atoms with Gasteiger partial charge in [-0.2, -0.15) is 0 Å². The Bertz CT molecular complexity index is 400. The van der Waals surface area contributed by atoms with E-state index in [1.165, 1.54) is 0 Å². The maximum Gasteiger partial charge on any atom is 0.237 e. The van der Waals surface area contributed by atoms with Crippen LogP contribution < -0.4 is 5.32 Å². The van der Waals surface area contributed by atoms with Crippen molar-refractivity contribution < 1.29 is 9.90 Å². The molecule has 1 amide bonds. The maximum absolute atomic E-state index is 12.0. The van der Waals surface area contributed by atoms with Gasteiger partial charge in [-0.05, 0) is 31.6 Å². The molecule has 0 aliphatic carbocycles. The standard InChI is InChI=1S/C13H17NO2S/c1-9(15)10-5-2-3-6-11(10)14-13(16)12-7-4-8-17-12/h2-3,5-6,9,12,15H,4,7-8H2,1H3,(H,14,16). The van der Waals surface area contributed by atoms with Crippen LogP contribution in [0.25, 0.3) is 0 Å². The summed E-state index contributed by atoms with van der Waals surface area (Å²) in [7, 11) is 0. The van der Waals surface area contributed by atoms with Gasteiger partial charge >= 0.3 is 0 Å². The molecular formula is C13H17NO2S. The third-order valence-corrected chi connectivity index (χ3v) is 4.27. The molecule has 1 fully saturated rings. The van der Waals surface area contributed by atoms with Crippen molar-refractivity contribution in [2.75, 3.05) is 11.1 Å². The van der Waals surface area contributed by atoms with E-state index < -0.39 is 6.10 Å². The Morgan fingerprint density at radius 2 is 2.29 bits per heavy atom. The molecule has 1 heterocycles. The van der Waals surface area contributed by atoms with Gasteiger partial charge in [-0.15, -0.1) is 11.8 Å². The Morgan fingerprint density at radius 1 is 1.53 bits per heavy atom. The molecule has 2 rings (SSSR count). The summed E-state index contributed by atoms with van der Waals surface area (Å²) in [5, 5.41) is 12.6. The first kappa shape index (κ1) is 12.5. The zero-order valence-electron chi connectivity index (χ0n) is 9.85. The van der Waals surface area contributed by atoms with Crippen LogP contribution in [0.3, 0.4) is 0 Å². The number of anilines is 1. The lowest BCUT2D eigenvalue weighted by Crippen LogP contribution is -2.23. The van der Waals surface area contributed by atoms with Crippen molar-refractivity contribution in [3.8, 4) is 0 Å². The third kappa shape index (κ3) is 3.01. The summed E-state index contributed by atoms with van der Waals surface area (Å²) in [6, 6.07) is 7.40. The number of nitrogens with one attached hydrogen (secondary N) is 1. The van der Waals surface area contributed by atoms with Crippen LogP contribution >= 0.6 is 11.8 Å². The number of para-hydroxylation sites is 1. The van der Waals surface area contributed by atoms with Crippen molar-refractivity contribution in [3.05, 3.63) is 29.8 Å². The van der Waals surface area contributed by atoms with Gasteiger partial charge in [-0.25, -0.2) is 0 Å². The molecule has 1 aromatic carbocycles. The van der Waals surface area contributed by atoms with Gasteiger partial charge in [0.1, 0.15) is 0 Å². The van der Waals surface area contributed by atoms with E-state index in [9.17, 15) is 9.90 Å². The van der Waals surface area contributed by atoms with Crippen LogP contribution in [0.15, 0.2) is 24.3 Å². The smallest absolute Gasteiger partial charge is 0.237 e. The predicted octanol–water partition coefficient (Wildman–Crippen LogP) is 2.57. The Labute approximate surface area is 106 Å². The van der Waals surface area contributed by atoms with E-state index in [0.29, 0.717) is 0 Å². The molecule has 17 heavy (non-hydrogen) atoms. The van der Waals surface area contributed by atoms with Crippen LogP contribution in [-0.4, -0.2) is 22.0 Å². The Morgan fingerprint density at radius 3 is 2.94 bits per heavy atom. The lowest BCUT2D eigenvalue weighted by Gasteiger charge is -2.15. The van der Waals surface area contributed by atoms with E-state index in [1.807, 2.05) is 24.3 Å². The molecule has 1 aliphatic heterocycles. The van der Waals surface area contributed by atoms with Crippen molar-refractivity contribution in [1.29, 1.82) is 0 Å². The first-order chi connectivity index (χ1) is 8.18. The van der Waals surface area contributed by atoms with Crippen LogP contribution in [-0.2, 0) is 4.79 Å². The van der Waals surface area contributed by atoms with Gasteiger partial charge in [-0.1, -0.05) is 18.2 Å². The van der Waals surface area contributed by atoms with Crippen LogP contribution in [0, 0.1) is 0 Å². The Balaban J connectivity index is 2.09. The molecule has 1 saturated heterocycles. The van der Waals surface area contributed by atoms with Crippen LogP contribution in [0.5, 0.6) is 0 Å². The number of aliphatic hydroxyl groups excluding tert-OH is 1. The number of rotatable bonds is 3. The van der Waals surface area contributed by atoms with Crippen molar-refractivity contribution in [3.63, 3.8) is 0 Å². The highest BCUT2D eigenvalue weighted by Crippen LogP contribution is 2.28. The van der Waals surface area contributed by atoms with Gasteiger partial charge in [0.25, 0.3) is 0 Å². The lowest BCUT2D eigenvalue weighted by atomic mass is 10.1. The van der Waals surface area contributed by atoms with Gasteiger partial charge in [0.05, 0.1) is 11.4 Å². The van der Waals surface area contributed by atoms with E-state index in [0.717, 1.165) is 29.8 Å². The molecule has 2 unspecified atom stereocenters. The van der Waals surface area contributed by atoms with Crippen molar-refractivity contribution in [2.24, 2.45) is 0 Å². The molecule has 2 N–H and O–H groups in total. The number of hydrogen-bond acceptors (Lipinski definition) is 3. The summed E-state index contributed by atoms with van der Waals surface area (Å²) in [6.07, 6.45) is 1.50. The Kier molecular flexibility index (Phi) is 4.07. The molecule has 2 atom stereocenters. The fourth-order valence-electron chi connectivity index (χ4n) is 1.97. The van der Waals surface area contributed by atoms with Gasteiger partial charge in [0.2, 0.25) is 5.91 Å².